The van der Waals surface area contributed by atoms with Crippen LogP contribution in [0.25, 0.3) is 0 Å². The van der Waals surface area contributed by atoms with Crippen LogP contribution in [-0.4, -0.2) is 21.0 Å². The van der Waals surface area contributed by atoms with Crippen molar-refractivity contribution >= 4 is 23.4 Å². The first-order valence-corrected chi connectivity index (χ1v) is 8.47. The van der Waals surface area contributed by atoms with E-state index in [-0.39, 0.29) is 17.4 Å². The Morgan fingerprint density at radius 1 is 1.15 bits per heavy atom. The summed E-state index contributed by atoms with van der Waals surface area (Å²) in [7, 11) is 0. The number of nitrogens with two attached hydrogens (primary N) is 1. The van der Waals surface area contributed by atoms with Gasteiger partial charge in [-0.2, -0.15) is 9.97 Å². The highest BCUT2D eigenvalue weighted by Crippen LogP contribution is 2.25. The molecule has 138 valence electrons. The summed E-state index contributed by atoms with van der Waals surface area (Å²) in [4.78, 5) is 19.2. The van der Waals surface area contributed by atoms with Crippen LogP contribution >= 0.6 is 0 Å². The number of nitrogens with one attached hydrogen (secondary N) is 1. The Morgan fingerprint density at radius 2 is 1.89 bits per heavy atom. The summed E-state index contributed by atoms with van der Waals surface area (Å²) in [5.74, 6) is 0.290. The highest BCUT2D eigenvalue weighted by atomic mass is 16.5. The molecule has 7 heteroatoms. The lowest BCUT2D eigenvalue weighted by molar-refractivity contribution is 0.0697. The number of benzene rings is 2. The van der Waals surface area contributed by atoms with E-state index in [1.807, 2.05) is 12.1 Å². The highest BCUT2D eigenvalue weighted by molar-refractivity contribution is 5.87. The maximum atomic E-state index is 10.9. The van der Waals surface area contributed by atoms with Gasteiger partial charge in [-0.25, -0.2) is 4.79 Å². The van der Waals surface area contributed by atoms with E-state index in [4.69, 9.17) is 15.6 Å². The molecule has 3 aromatic rings. The lowest BCUT2D eigenvalue weighted by Gasteiger charge is -2.11. The maximum absolute atomic E-state index is 10.9. The highest BCUT2D eigenvalue weighted by Gasteiger charge is 2.08. The second-order valence-electron chi connectivity index (χ2n) is 6.00. The van der Waals surface area contributed by atoms with Crippen molar-refractivity contribution in [2.75, 3.05) is 11.1 Å². The molecule has 27 heavy (non-hydrogen) atoms. The molecule has 0 unspecified atom stereocenters. The van der Waals surface area contributed by atoms with Gasteiger partial charge in [-0.15, -0.1) is 0 Å². The van der Waals surface area contributed by atoms with Gasteiger partial charge in [-0.3, -0.25) is 0 Å². The Morgan fingerprint density at radius 3 is 2.56 bits per heavy atom. The summed E-state index contributed by atoms with van der Waals surface area (Å²) in [6.45, 7) is 4.18. The van der Waals surface area contributed by atoms with Gasteiger partial charge in [0.25, 0.3) is 0 Å². The van der Waals surface area contributed by atoms with Gasteiger partial charge >= 0.3 is 5.97 Å². The van der Waals surface area contributed by atoms with E-state index in [9.17, 15) is 4.79 Å². The van der Waals surface area contributed by atoms with Gasteiger partial charge in [-0.05, 0) is 60.9 Å². The van der Waals surface area contributed by atoms with Gasteiger partial charge in [0.15, 0.2) is 0 Å². The standard InChI is InChI=1S/C20H20N4O3/c1-3-13-10-15(7-4-12(13)2)22-17-11-18(24-20(21)23-17)27-16-8-5-14(6-9-16)19(25)26/h4-11H,3H2,1-2H3,(H,25,26)(H3,21,22,23,24). The second kappa shape index (κ2) is 7.74. The number of aromatic carboxylic acids is 1. The summed E-state index contributed by atoms with van der Waals surface area (Å²) in [5.41, 5.74) is 9.35. The van der Waals surface area contributed by atoms with Crippen LogP contribution in [0.2, 0.25) is 0 Å². The SMILES string of the molecule is CCc1cc(Nc2cc(Oc3ccc(C(=O)O)cc3)nc(N)n2)ccc1C. The number of rotatable bonds is 6. The Labute approximate surface area is 156 Å². The molecule has 1 heterocycles. The first kappa shape index (κ1) is 18.2. The lowest BCUT2D eigenvalue weighted by atomic mass is 10.1. The fourth-order valence-electron chi connectivity index (χ4n) is 2.62. The maximum Gasteiger partial charge on any atom is 0.335 e. The molecule has 7 nitrogen and oxygen atoms in total. The van der Waals surface area contributed by atoms with Gasteiger partial charge in [0.1, 0.15) is 11.6 Å². The van der Waals surface area contributed by atoms with E-state index in [1.54, 1.807) is 18.2 Å². The number of hydrogen-bond acceptors (Lipinski definition) is 6. The number of aryl methyl sites for hydroxylation is 2. The van der Waals surface area contributed by atoms with Crippen LogP contribution < -0.4 is 15.8 Å². The Hall–Kier alpha value is -3.61. The molecule has 0 spiro atoms. The third-order valence-electron chi connectivity index (χ3n) is 4.05. The molecule has 4 N–H and O–H groups in total. The predicted molar refractivity (Wildman–Crippen MR) is 104 cm³/mol. The third-order valence-corrected chi connectivity index (χ3v) is 4.05. The number of carbonyl (C=O) groups is 1. The average Bonchev–Trinajstić information content (AvgIpc) is 2.63. The monoisotopic (exact) mass is 364 g/mol. The van der Waals surface area contributed by atoms with Crippen molar-refractivity contribution in [2.45, 2.75) is 20.3 Å². The molecular formula is C20H20N4O3. The first-order chi connectivity index (χ1) is 12.9. The minimum absolute atomic E-state index is 0.0694. The number of anilines is 3. The summed E-state index contributed by atoms with van der Waals surface area (Å²) in [6.07, 6.45) is 0.938. The molecule has 0 aliphatic rings. The molecule has 0 saturated heterocycles. The van der Waals surface area contributed by atoms with Crippen LogP contribution in [0.4, 0.5) is 17.5 Å². The van der Waals surface area contributed by atoms with Crippen LogP contribution in [0.15, 0.2) is 48.5 Å². The zero-order valence-corrected chi connectivity index (χ0v) is 15.1. The number of ether oxygens (including phenoxy) is 1. The zero-order valence-electron chi connectivity index (χ0n) is 15.1. The van der Waals surface area contributed by atoms with Crippen molar-refractivity contribution in [2.24, 2.45) is 0 Å². The quantitative estimate of drug-likeness (QED) is 0.602. The molecular weight excluding hydrogens is 344 g/mol. The minimum Gasteiger partial charge on any atom is -0.478 e. The summed E-state index contributed by atoms with van der Waals surface area (Å²) in [6, 6.07) is 13.8. The fraction of sp³-hybridized carbons (Fsp3) is 0.150. The van der Waals surface area contributed by atoms with Crippen LogP contribution in [0.1, 0.15) is 28.4 Å². The molecule has 0 amide bonds. The topological polar surface area (TPSA) is 110 Å². The molecule has 0 fully saturated rings. The molecule has 0 aliphatic carbocycles. The number of nitrogen functional groups attached to an aromatic ring is 1. The number of nitrogens with zero attached hydrogens (tertiary/aromatic N) is 2. The van der Waals surface area contributed by atoms with Crippen molar-refractivity contribution in [1.82, 2.24) is 9.97 Å². The largest absolute Gasteiger partial charge is 0.478 e. The van der Waals surface area contributed by atoms with Gasteiger partial charge < -0.3 is 20.9 Å². The third kappa shape index (κ3) is 4.52. The lowest BCUT2D eigenvalue weighted by Crippen LogP contribution is -2.02. The normalized spacial score (nSPS) is 10.4. The number of carboxylic acids is 1. The van der Waals surface area contributed by atoms with E-state index in [0.717, 1.165) is 12.1 Å². The molecule has 0 saturated carbocycles. The number of carboxylic acid groups (broad SMARTS) is 1. The minimum atomic E-state index is -0.996. The molecule has 0 bridgehead atoms. The van der Waals surface area contributed by atoms with Crippen molar-refractivity contribution < 1.29 is 14.6 Å². The molecule has 0 radical (unpaired) electrons. The van der Waals surface area contributed by atoms with Crippen LogP contribution in [0.3, 0.4) is 0 Å². The van der Waals surface area contributed by atoms with Gasteiger partial charge in [-0.1, -0.05) is 13.0 Å². The van der Waals surface area contributed by atoms with Gasteiger partial charge in [0, 0.05) is 11.8 Å². The molecule has 1 aromatic heterocycles. The number of hydrogen-bond donors (Lipinski definition) is 3. The summed E-state index contributed by atoms with van der Waals surface area (Å²) >= 11 is 0. The molecule has 3 rings (SSSR count). The molecule has 0 aliphatic heterocycles. The number of aromatic nitrogens is 2. The van der Waals surface area contributed by atoms with Crippen LogP contribution in [0.5, 0.6) is 11.6 Å². The van der Waals surface area contributed by atoms with Crippen LogP contribution in [-0.2, 0) is 6.42 Å². The van der Waals surface area contributed by atoms with E-state index < -0.39 is 5.97 Å². The van der Waals surface area contributed by atoms with E-state index in [1.165, 1.54) is 23.3 Å². The van der Waals surface area contributed by atoms with Crippen LogP contribution in [0, 0.1) is 6.92 Å². The van der Waals surface area contributed by atoms with Crippen molar-refractivity contribution in [3.63, 3.8) is 0 Å². The predicted octanol–water partition coefficient (Wildman–Crippen LogP) is 4.16. The van der Waals surface area contributed by atoms with E-state index in [2.05, 4.69) is 35.2 Å². The summed E-state index contributed by atoms with van der Waals surface area (Å²) < 4.78 is 5.67. The summed E-state index contributed by atoms with van der Waals surface area (Å²) in [5, 5.41) is 12.2. The van der Waals surface area contributed by atoms with E-state index in [0.29, 0.717) is 11.6 Å². The fourth-order valence-corrected chi connectivity index (χ4v) is 2.62. The van der Waals surface area contributed by atoms with Crippen molar-refractivity contribution in [3.05, 3.63) is 65.2 Å². The molecule has 2 aromatic carbocycles. The Kier molecular flexibility index (Phi) is 5.21. The Balaban J connectivity index is 1.80. The van der Waals surface area contributed by atoms with Crippen molar-refractivity contribution in [1.29, 1.82) is 0 Å². The second-order valence-corrected chi connectivity index (χ2v) is 6.00. The zero-order chi connectivity index (χ0) is 19.4. The van der Waals surface area contributed by atoms with Gasteiger partial charge in [0.2, 0.25) is 11.8 Å². The van der Waals surface area contributed by atoms with Crippen molar-refractivity contribution in [3.8, 4) is 11.6 Å². The van der Waals surface area contributed by atoms with E-state index >= 15 is 0 Å². The average molecular weight is 364 g/mol. The smallest absolute Gasteiger partial charge is 0.335 e. The first-order valence-electron chi connectivity index (χ1n) is 8.47. The van der Waals surface area contributed by atoms with Gasteiger partial charge in [0.05, 0.1) is 5.56 Å². The molecule has 0 atom stereocenters. The Bertz CT molecular complexity index is 971.